The summed E-state index contributed by atoms with van der Waals surface area (Å²) in [5.74, 6) is 1.19. The normalized spacial score (nSPS) is 25.8. The Kier molecular flexibility index (Phi) is 5.01. The molecule has 2 rings (SSSR count). The Bertz CT molecular complexity index is 278. The Balaban J connectivity index is 1.68. The molecule has 1 aliphatic heterocycles. The van der Waals surface area contributed by atoms with Gasteiger partial charge in [-0.05, 0) is 19.4 Å². The fourth-order valence-electron chi connectivity index (χ4n) is 2.73. The van der Waals surface area contributed by atoms with Crippen LogP contribution in [0.3, 0.4) is 0 Å². The average Bonchev–Trinajstić information content (AvgIpc) is 2.30. The summed E-state index contributed by atoms with van der Waals surface area (Å²) < 4.78 is 0. The molecule has 1 saturated heterocycles. The fourth-order valence-corrected chi connectivity index (χ4v) is 2.73. The molecule has 1 aliphatic carbocycles. The zero-order valence-corrected chi connectivity index (χ0v) is 11.8. The number of likely N-dealkylation sites (N-methyl/N-ethyl adjacent to an activating group) is 1. The van der Waals surface area contributed by atoms with Crippen molar-refractivity contribution in [1.82, 2.24) is 15.1 Å². The zero-order valence-electron chi connectivity index (χ0n) is 11.8. The van der Waals surface area contributed by atoms with Crippen LogP contribution >= 0.6 is 0 Å². The maximum Gasteiger partial charge on any atom is 0.223 e. The van der Waals surface area contributed by atoms with Crippen molar-refractivity contribution < 1.29 is 4.79 Å². The molecular weight excluding hydrogens is 226 g/mol. The number of nitrogens with one attached hydrogen (secondary N) is 1. The Labute approximate surface area is 111 Å². The average molecular weight is 253 g/mol. The quantitative estimate of drug-likeness (QED) is 0.792. The lowest BCUT2D eigenvalue weighted by atomic mass is 9.83. The van der Waals surface area contributed by atoms with Gasteiger partial charge in [-0.3, -0.25) is 4.79 Å². The van der Waals surface area contributed by atoms with Crippen molar-refractivity contribution >= 4 is 5.91 Å². The van der Waals surface area contributed by atoms with Gasteiger partial charge in [-0.25, -0.2) is 0 Å². The molecule has 1 heterocycles. The maximum atomic E-state index is 12.1. The van der Waals surface area contributed by atoms with Crippen molar-refractivity contribution in [3.8, 4) is 0 Å². The molecule has 2 fully saturated rings. The molecule has 1 amide bonds. The van der Waals surface area contributed by atoms with Crippen molar-refractivity contribution in [3.05, 3.63) is 0 Å². The summed E-state index contributed by atoms with van der Waals surface area (Å²) >= 11 is 0. The van der Waals surface area contributed by atoms with Gasteiger partial charge >= 0.3 is 0 Å². The molecule has 1 N–H and O–H groups in total. The lowest BCUT2D eigenvalue weighted by molar-refractivity contribution is -0.131. The molecule has 0 aromatic heterocycles. The van der Waals surface area contributed by atoms with Gasteiger partial charge in [0.2, 0.25) is 5.91 Å². The van der Waals surface area contributed by atoms with E-state index in [9.17, 15) is 4.79 Å². The van der Waals surface area contributed by atoms with E-state index in [4.69, 9.17) is 0 Å². The molecule has 0 bridgehead atoms. The van der Waals surface area contributed by atoms with E-state index >= 15 is 0 Å². The van der Waals surface area contributed by atoms with Crippen LogP contribution in [0.2, 0.25) is 0 Å². The summed E-state index contributed by atoms with van der Waals surface area (Å²) in [6.45, 7) is 3.97. The van der Waals surface area contributed by atoms with Crippen LogP contribution in [0.5, 0.6) is 0 Å². The van der Waals surface area contributed by atoms with Gasteiger partial charge in [0.25, 0.3) is 0 Å². The first kappa shape index (κ1) is 13.8. The SMILES string of the molecule is CN(CCC1CCC1)C(=O)CC1CNCCN1C. The number of rotatable bonds is 5. The second-order valence-corrected chi connectivity index (χ2v) is 5.94. The van der Waals surface area contributed by atoms with E-state index < -0.39 is 0 Å². The highest BCUT2D eigenvalue weighted by molar-refractivity contribution is 5.76. The molecule has 0 spiro atoms. The second-order valence-electron chi connectivity index (χ2n) is 5.94. The second kappa shape index (κ2) is 6.53. The first-order valence-electron chi connectivity index (χ1n) is 7.31. The summed E-state index contributed by atoms with van der Waals surface area (Å²) in [6.07, 6.45) is 5.99. The molecule has 2 aliphatic rings. The van der Waals surface area contributed by atoms with Crippen LogP contribution in [0, 0.1) is 5.92 Å². The van der Waals surface area contributed by atoms with Crippen LogP contribution in [0.25, 0.3) is 0 Å². The van der Waals surface area contributed by atoms with E-state index in [2.05, 4.69) is 17.3 Å². The van der Waals surface area contributed by atoms with E-state index in [-0.39, 0.29) is 0 Å². The van der Waals surface area contributed by atoms with E-state index in [0.29, 0.717) is 18.4 Å². The minimum atomic E-state index is 0.301. The van der Waals surface area contributed by atoms with Crippen LogP contribution in [0.15, 0.2) is 0 Å². The number of piperazine rings is 1. The fraction of sp³-hybridized carbons (Fsp3) is 0.929. The van der Waals surface area contributed by atoms with Crippen molar-refractivity contribution in [3.63, 3.8) is 0 Å². The van der Waals surface area contributed by atoms with Gasteiger partial charge in [-0.1, -0.05) is 19.3 Å². The Morgan fingerprint density at radius 3 is 2.83 bits per heavy atom. The van der Waals surface area contributed by atoms with Crippen LogP contribution in [-0.2, 0) is 4.79 Å². The molecule has 4 nitrogen and oxygen atoms in total. The van der Waals surface area contributed by atoms with Gasteiger partial charge in [0.05, 0.1) is 0 Å². The number of carbonyl (C=O) groups is 1. The van der Waals surface area contributed by atoms with Crippen LogP contribution in [0.4, 0.5) is 0 Å². The summed E-state index contributed by atoms with van der Waals surface area (Å²) in [5, 5.41) is 3.37. The monoisotopic (exact) mass is 253 g/mol. The smallest absolute Gasteiger partial charge is 0.223 e. The van der Waals surface area contributed by atoms with Crippen LogP contribution in [0.1, 0.15) is 32.1 Å². The van der Waals surface area contributed by atoms with Gasteiger partial charge in [0.15, 0.2) is 0 Å². The first-order valence-corrected chi connectivity index (χ1v) is 7.31. The van der Waals surface area contributed by atoms with Crippen molar-refractivity contribution in [2.45, 2.75) is 38.1 Å². The summed E-state index contributed by atoms with van der Waals surface area (Å²) in [6, 6.07) is 0.373. The Hall–Kier alpha value is -0.610. The molecular formula is C14H27N3O. The molecule has 0 radical (unpaired) electrons. The van der Waals surface area contributed by atoms with E-state index in [1.165, 1.54) is 25.7 Å². The molecule has 4 heteroatoms. The van der Waals surface area contributed by atoms with Gasteiger partial charge in [0.1, 0.15) is 0 Å². The summed E-state index contributed by atoms with van der Waals surface area (Å²) in [5.41, 5.74) is 0. The minimum Gasteiger partial charge on any atom is -0.346 e. The van der Waals surface area contributed by atoms with Crippen molar-refractivity contribution in [2.75, 3.05) is 40.3 Å². The van der Waals surface area contributed by atoms with E-state index in [1.807, 2.05) is 11.9 Å². The van der Waals surface area contributed by atoms with Gasteiger partial charge in [-0.15, -0.1) is 0 Å². The van der Waals surface area contributed by atoms with Crippen LogP contribution in [-0.4, -0.2) is 62.0 Å². The van der Waals surface area contributed by atoms with Gasteiger partial charge in [0, 0.05) is 45.7 Å². The topological polar surface area (TPSA) is 35.6 Å². The van der Waals surface area contributed by atoms with Crippen LogP contribution < -0.4 is 5.32 Å². The zero-order chi connectivity index (χ0) is 13.0. The van der Waals surface area contributed by atoms with E-state index in [1.54, 1.807) is 0 Å². The van der Waals surface area contributed by atoms with Gasteiger partial charge in [-0.2, -0.15) is 0 Å². The number of amides is 1. The molecule has 1 saturated carbocycles. The lowest BCUT2D eigenvalue weighted by Gasteiger charge is -2.34. The maximum absolute atomic E-state index is 12.1. The number of hydrogen-bond acceptors (Lipinski definition) is 3. The van der Waals surface area contributed by atoms with Gasteiger partial charge < -0.3 is 15.1 Å². The third-order valence-corrected chi connectivity index (χ3v) is 4.58. The number of nitrogens with zero attached hydrogens (tertiary/aromatic N) is 2. The summed E-state index contributed by atoms with van der Waals surface area (Å²) in [4.78, 5) is 16.4. The highest BCUT2D eigenvalue weighted by Gasteiger charge is 2.24. The molecule has 104 valence electrons. The molecule has 1 unspecified atom stereocenters. The molecule has 0 aromatic carbocycles. The van der Waals surface area contributed by atoms with Crippen molar-refractivity contribution in [2.24, 2.45) is 5.92 Å². The largest absolute Gasteiger partial charge is 0.346 e. The number of carbonyl (C=O) groups excluding carboxylic acids is 1. The standard InChI is InChI=1S/C14H27N3O/c1-16-9-7-15-11-13(16)10-14(18)17(2)8-6-12-4-3-5-12/h12-13,15H,3-11H2,1-2H3. The minimum absolute atomic E-state index is 0.301. The molecule has 1 atom stereocenters. The lowest BCUT2D eigenvalue weighted by Crippen LogP contribution is -2.51. The summed E-state index contributed by atoms with van der Waals surface area (Å²) in [7, 11) is 4.07. The van der Waals surface area contributed by atoms with E-state index in [0.717, 1.165) is 32.1 Å². The van der Waals surface area contributed by atoms with Crippen molar-refractivity contribution in [1.29, 1.82) is 0 Å². The molecule has 18 heavy (non-hydrogen) atoms. The highest BCUT2D eigenvalue weighted by Crippen LogP contribution is 2.29. The Morgan fingerprint density at radius 2 is 2.22 bits per heavy atom. The highest BCUT2D eigenvalue weighted by atomic mass is 16.2. The number of hydrogen-bond donors (Lipinski definition) is 1. The Morgan fingerprint density at radius 1 is 1.44 bits per heavy atom. The third kappa shape index (κ3) is 3.69. The first-order chi connectivity index (χ1) is 8.66. The molecule has 0 aromatic rings. The third-order valence-electron chi connectivity index (χ3n) is 4.58. The predicted molar refractivity (Wildman–Crippen MR) is 73.5 cm³/mol. The predicted octanol–water partition coefficient (Wildman–Crippen LogP) is 0.929.